The number of tetrazole rings is 1. The number of rotatable bonds is 6. The zero-order chi connectivity index (χ0) is 10.7. The summed E-state index contributed by atoms with van der Waals surface area (Å²) in [6, 6.07) is 0.576. The summed E-state index contributed by atoms with van der Waals surface area (Å²) in [6.45, 7) is 2.22. The molecular weight excluding hydrogens is 276 g/mol. The van der Waals surface area contributed by atoms with Crippen LogP contribution in [0.4, 0.5) is 0 Å². The smallest absolute Gasteiger partial charge is 0.209 e. The molecule has 0 N–H and O–H groups in total. The van der Waals surface area contributed by atoms with Gasteiger partial charge >= 0.3 is 0 Å². The van der Waals surface area contributed by atoms with E-state index in [1.54, 1.807) is 11.8 Å². The molecule has 0 aliphatic heterocycles. The molecule has 1 aliphatic rings. The lowest BCUT2D eigenvalue weighted by atomic mass is 10.2. The highest BCUT2D eigenvalue weighted by Gasteiger charge is 2.27. The van der Waals surface area contributed by atoms with Crippen LogP contribution in [-0.4, -0.2) is 31.3 Å². The lowest BCUT2D eigenvalue weighted by Crippen LogP contribution is -2.05. The van der Waals surface area contributed by atoms with Crippen LogP contribution in [0.1, 0.15) is 32.2 Å². The fourth-order valence-corrected chi connectivity index (χ4v) is 3.43. The summed E-state index contributed by atoms with van der Waals surface area (Å²) in [5.41, 5.74) is 0. The average molecular weight is 291 g/mol. The molecule has 0 saturated heterocycles. The third-order valence-electron chi connectivity index (χ3n) is 2.60. The molecule has 1 aromatic rings. The molecule has 0 bridgehead atoms. The minimum absolute atomic E-state index is 0.576. The van der Waals surface area contributed by atoms with E-state index < -0.39 is 0 Å². The Kier molecular flexibility index (Phi) is 4.02. The maximum atomic E-state index is 4.07. The zero-order valence-corrected chi connectivity index (χ0v) is 11.2. The number of hydrogen-bond acceptors (Lipinski definition) is 4. The Balaban J connectivity index is 1.89. The normalized spacial score (nSPS) is 18.0. The van der Waals surface area contributed by atoms with Crippen molar-refractivity contribution >= 4 is 27.7 Å². The van der Waals surface area contributed by atoms with E-state index in [-0.39, 0.29) is 0 Å². The van der Waals surface area contributed by atoms with Gasteiger partial charge in [-0.3, -0.25) is 0 Å². The van der Waals surface area contributed by atoms with E-state index in [2.05, 4.69) is 38.4 Å². The summed E-state index contributed by atoms with van der Waals surface area (Å²) < 4.78 is 1.98. The maximum absolute atomic E-state index is 4.07. The average Bonchev–Trinajstić information content (AvgIpc) is 3.00. The van der Waals surface area contributed by atoms with Crippen molar-refractivity contribution in [3.8, 4) is 0 Å². The standard InChI is InChI=1S/C9H15BrN4S/c1-2-7(5-10)6-15-9-11-12-13-14(9)8-3-4-8/h7-8H,2-6H2,1H3. The lowest BCUT2D eigenvalue weighted by Gasteiger charge is -2.09. The van der Waals surface area contributed by atoms with E-state index in [1.165, 1.54) is 19.3 Å². The molecule has 1 aromatic heterocycles. The number of nitrogens with zero attached hydrogens (tertiary/aromatic N) is 4. The van der Waals surface area contributed by atoms with E-state index in [0.29, 0.717) is 12.0 Å². The molecule has 0 aromatic carbocycles. The fourth-order valence-electron chi connectivity index (χ4n) is 1.29. The molecule has 1 saturated carbocycles. The summed E-state index contributed by atoms with van der Waals surface area (Å²) in [6.07, 6.45) is 3.66. The lowest BCUT2D eigenvalue weighted by molar-refractivity contribution is 0.563. The van der Waals surface area contributed by atoms with Gasteiger partial charge in [-0.05, 0) is 29.2 Å². The predicted molar refractivity (Wildman–Crippen MR) is 64.4 cm³/mol. The van der Waals surface area contributed by atoms with E-state index in [4.69, 9.17) is 0 Å². The van der Waals surface area contributed by atoms with Crippen LogP contribution in [0, 0.1) is 5.92 Å². The molecule has 1 fully saturated rings. The molecule has 0 spiro atoms. The third kappa shape index (κ3) is 2.93. The van der Waals surface area contributed by atoms with E-state index in [0.717, 1.165) is 16.2 Å². The highest BCUT2D eigenvalue weighted by molar-refractivity contribution is 9.09. The Morgan fingerprint density at radius 1 is 1.60 bits per heavy atom. The summed E-state index contributed by atoms with van der Waals surface area (Å²) in [7, 11) is 0. The predicted octanol–water partition coefficient (Wildman–Crippen LogP) is 2.52. The summed E-state index contributed by atoms with van der Waals surface area (Å²) in [4.78, 5) is 0. The summed E-state index contributed by atoms with van der Waals surface area (Å²) in [5, 5.41) is 13.9. The molecule has 0 amide bonds. The van der Waals surface area contributed by atoms with E-state index in [9.17, 15) is 0 Å². The van der Waals surface area contributed by atoms with Crippen LogP contribution in [0.25, 0.3) is 0 Å². The van der Waals surface area contributed by atoms with E-state index in [1.807, 2.05) is 4.68 Å². The van der Waals surface area contributed by atoms with Gasteiger partial charge in [-0.1, -0.05) is 41.0 Å². The Hall–Kier alpha value is -0.100. The molecule has 4 nitrogen and oxygen atoms in total. The molecule has 2 rings (SSSR count). The van der Waals surface area contributed by atoms with Crippen LogP contribution < -0.4 is 0 Å². The Morgan fingerprint density at radius 3 is 3.00 bits per heavy atom. The second kappa shape index (κ2) is 5.30. The van der Waals surface area contributed by atoms with Crippen LogP contribution in [0.5, 0.6) is 0 Å². The molecule has 1 unspecified atom stereocenters. The molecule has 1 atom stereocenters. The van der Waals surface area contributed by atoms with Gasteiger partial charge in [0.2, 0.25) is 5.16 Å². The number of thioether (sulfide) groups is 1. The highest BCUT2D eigenvalue weighted by atomic mass is 79.9. The summed E-state index contributed by atoms with van der Waals surface area (Å²) >= 11 is 5.30. The number of hydrogen-bond donors (Lipinski definition) is 0. The topological polar surface area (TPSA) is 43.6 Å². The number of alkyl halides is 1. The molecule has 0 radical (unpaired) electrons. The van der Waals surface area contributed by atoms with Crippen LogP contribution in [-0.2, 0) is 0 Å². The van der Waals surface area contributed by atoms with Crippen LogP contribution in [0.3, 0.4) is 0 Å². The van der Waals surface area contributed by atoms with Gasteiger partial charge in [-0.25, -0.2) is 4.68 Å². The second-order valence-corrected chi connectivity index (χ2v) is 5.51. The Bertz CT molecular complexity index is 309. The van der Waals surface area contributed by atoms with Crippen molar-refractivity contribution < 1.29 is 0 Å². The van der Waals surface area contributed by atoms with Crippen molar-refractivity contribution in [3.63, 3.8) is 0 Å². The Morgan fingerprint density at radius 2 is 2.40 bits per heavy atom. The van der Waals surface area contributed by atoms with Crippen molar-refractivity contribution in [2.75, 3.05) is 11.1 Å². The largest absolute Gasteiger partial charge is 0.217 e. The van der Waals surface area contributed by atoms with Crippen molar-refractivity contribution in [1.82, 2.24) is 20.2 Å². The van der Waals surface area contributed by atoms with Crippen molar-refractivity contribution in [3.05, 3.63) is 0 Å². The first-order valence-corrected chi connectivity index (χ1v) is 7.42. The van der Waals surface area contributed by atoms with Gasteiger partial charge in [-0.15, -0.1) is 5.10 Å². The molecule has 84 valence electrons. The molecule has 1 heterocycles. The quantitative estimate of drug-likeness (QED) is 0.596. The zero-order valence-electron chi connectivity index (χ0n) is 8.77. The minimum atomic E-state index is 0.576. The van der Waals surface area contributed by atoms with Gasteiger partial charge in [0.05, 0.1) is 6.04 Å². The molecule has 1 aliphatic carbocycles. The van der Waals surface area contributed by atoms with Gasteiger partial charge < -0.3 is 0 Å². The van der Waals surface area contributed by atoms with Gasteiger partial charge in [-0.2, -0.15) is 0 Å². The number of halogens is 1. The monoisotopic (exact) mass is 290 g/mol. The highest BCUT2D eigenvalue weighted by Crippen LogP contribution is 2.36. The van der Waals surface area contributed by atoms with Gasteiger partial charge in [0.1, 0.15) is 0 Å². The molecule has 15 heavy (non-hydrogen) atoms. The van der Waals surface area contributed by atoms with Gasteiger partial charge in [0.15, 0.2) is 0 Å². The molecule has 6 heteroatoms. The van der Waals surface area contributed by atoms with Gasteiger partial charge in [0, 0.05) is 11.1 Å². The number of aromatic nitrogens is 4. The third-order valence-corrected chi connectivity index (χ3v) is 4.68. The van der Waals surface area contributed by atoms with Crippen LogP contribution >= 0.6 is 27.7 Å². The molecular formula is C9H15BrN4S. The second-order valence-electron chi connectivity index (χ2n) is 3.88. The maximum Gasteiger partial charge on any atom is 0.209 e. The van der Waals surface area contributed by atoms with Crippen molar-refractivity contribution in [1.29, 1.82) is 0 Å². The van der Waals surface area contributed by atoms with Crippen molar-refractivity contribution in [2.45, 2.75) is 37.4 Å². The van der Waals surface area contributed by atoms with E-state index >= 15 is 0 Å². The Labute approximate surface area is 102 Å². The van der Waals surface area contributed by atoms with Crippen molar-refractivity contribution in [2.24, 2.45) is 5.92 Å². The SMILES string of the molecule is CCC(CBr)CSc1nnnn1C1CC1. The van der Waals surface area contributed by atoms with Crippen LogP contribution in [0.2, 0.25) is 0 Å². The van der Waals surface area contributed by atoms with Gasteiger partial charge in [0.25, 0.3) is 0 Å². The van der Waals surface area contributed by atoms with Crippen LogP contribution in [0.15, 0.2) is 5.16 Å². The first-order chi connectivity index (χ1) is 7.35. The minimum Gasteiger partial charge on any atom is -0.217 e. The summed E-state index contributed by atoms with van der Waals surface area (Å²) in [5.74, 6) is 1.80. The fraction of sp³-hybridized carbons (Fsp3) is 0.889. The first kappa shape index (κ1) is 11.4. The first-order valence-electron chi connectivity index (χ1n) is 5.31.